The summed E-state index contributed by atoms with van der Waals surface area (Å²) in [6, 6.07) is 0. The van der Waals surface area contributed by atoms with E-state index in [4.69, 9.17) is 0 Å². The molecule has 10 heavy (non-hydrogen) atoms. The van der Waals surface area contributed by atoms with Crippen LogP contribution in [0.15, 0.2) is 24.8 Å². The molecule has 0 aliphatic heterocycles. The third kappa shape index (κ3) is 8.18. The minimum atomic E-state index is 1.05. The van der Waals surface area contributed by atoms with Gasteiger partial charge in [0, 0.05) is 11.5 Å². The Morgan fingerprint density at radius 3 is 2.50 bits per heavy atom. The molecule has 0 aliphatic rings. The van der Waals surface area contributed by atoms with Gasteiger partial charge in [-0.15, -0.1) is 6.58 Å². The van der Waals surface area contributed by atoms with Crippen LogP contribution in [0, 0.1) is 0 Å². The SMILES string of the molecule is C=CCSSCC=CCC. The van der Waals surface area contributed by atoms with E-state index in [0.29, 0.717) is 0 Å². The Balaban J connectivity index is 2.89. The van der Waals surface area contributed by atoms with Crippen molar-refractivity contribution in [3.8, 4) is 0 Å². The average molecular weight is 174 g/mol. The van der Waals surface area contributed by atoms with Crippen LogP contribution in [-0.2, 0) is 0 Å². The highest BCUT2D eigenvalue weighted by Crippen LogP contribution is 2.20. The van der Waals surface area contributed by atoms with Crippen molar-refractivity contribution in [1.29, 1.82) is 0 Å². The maximum absolute atomic E-state index is 3.64. The van der Waals surface area contributed by atoms with Crippen molar-refractivity contribution in [3.05, 3.63) is 24.8 Å². The van der Waals surface area contributed by atoms with Gasteiger partial charge in [-0.25, -0.2) is 0 Å². The smallest absolute Gasteiger partial charge is 0.0217 e. The zero-order chi connectivity index (χ0) is 7.66. The summed E-state index contributed by atoms with van der Waals surface area (Å²) in [5.74, 6) is 2.16. The Labute approximate surface area is 71.6 Å². The van der Waals surface area contributed by atoms with E-state index in [1.807, 2.05) is 27.7 Å². The van der Waals surface area contributed by atoms with Crippen molar-refractivity contribution in [2.75, 3.05) is 11.5 Å². The normalized spacial score (nSPS) is 10.5. The molecule has 0 atom stereocenters. The standard InChI is InChI=1S/C8H14S2/c1-3-5-6-8-10-9-7-4-2/h4-6H,2-3,7-8H2,1H3. The van der Waals surface area contributed by atoms with Crippen LogP contribution in [0.4, 0.5) is 0 Å². The summed E-state index contributed by atoms with van der Waals surface area (Å²) in [7, 11) is 3.73. The van der Waals surface area contributed by atoms with Crippen molar-refractivity contribution in [3.63, 3.8) is 0 Å². The van der Waals surface area contributed by atoms with Gasteiger partial charge >= 0.3 is 0 Å². The lowest BCUT2D eigenvalue weighted by Gasteiger charge is -1.90. The van der Waals surface area contributed by atoms with Gasteiger partial charge in [-0.2, -0.15) is 0 Å². The Bertz CT molecular complexity index is 97.4. The van der Waals surface area contributed by atoms with E-state index in [0.717, 1.165) is 17.9 Å². The van der Waals surface area contributed by atoms with Gasteiger partial charge in [0.05, 0.1) is 0 Å². The van der Waals surface area contributed by atoms with Crippen LogP contribution < -0.4 is 0 Å². The molecule has 0 saturated carbocycles. The monoisotopic (exact) mass is 174 g/mol. The Morgan fingerprint density at radius 1 is 1.20 bits per heavy atom. The van der Waals surface area contributed by atoms with Gasteiger partial charge in [0.2, 0.25) is 0 Å². The second-order valence-electron chi connectivity index (χ2n) is 1.74. The maximum Gasteiger partial charge on any atom is 0.0217 e. The van der Waals surface area contributed by atoms with Crippen molar-refractivity contribution < 1.29 is 0 Å². The zero-order valence-corrected chi connectivity index (χ0v) is 8.01. The molecule has 0 aliphatic carbocycles. The van der Waals surface area contributed by atoms with Gasteiger partial charge in [0.25, 0.3) is 0 Å². The number of hydrogen-bond donors (Lipinski definition) is 0. The Morgan fingerprint density at radius 2 is 1.90 bits per heavy atom. The highest BCUT2D eigenvalue weighted by atomic mass is 33.1. The summed E-state index contributed by atoms with van der Waals surface area (Å²) >= 11 is 0. The third-order valence-corrected chi connectivity index (χ3v) is 3.02. The van der Waals surface area contributed by atoms with E-state index < -0.39 is 0 Å². The molecular weight excluding hydrogens is 160 g/mol. The van der Waals surface area contributed by atoms with E-state index in [1.165, 1.54) is 0 Å². The van der Waals surface area contributed by atoms with Gasteiger partial charge in [-0.1, -0.05) is 46.7 Å². The lowest BCUT2D eigenvalue weighted by atomic mass is 10.4. The van der Waals surface area contributed by atoms with Crippen molar-refractivity contribution in [2.24, 2.45) is 0 Å². The number of allylic oxidation sites excluding steroid dienone is 1. The minimum absolute atomic E-state index is 1.05. The second-order valence-corrected chi connectivity index (χ2v) is 4.29. The first-order chi connectivity index (χ1) is 4.91. The highest BCUT2D eigenvalue weighted by molar-refractivity contribution is 8.76. The molecule has 0 saturated heterocycles. The Kier molecular flexibility index (Phi) is 9.35. The first-order valence-electron chi connectivity index (χ1n) is 3.42. The second kappa shape index (κ2) is 9.18. The zero-order valence-electron chi connectivity index (χ0n) is 6.38. The van der Waals surface area contributed by atoms with Crippen molar-refractivity contribution in [1.82, 2.24) is 0 Å². The summed E-state index contributed by atoms with van der Waals surface area (Å²) in [6.07, 6.45) is 7.48. The molecule has 0 bridgehead atoms. The van der Waals surface area contributed by atoms with E-state index in [9.17, 15) is 0 Å². The maximum atomic E-state index is 3.64. The molecule has 0 spiro atoms. The molecule has 2 heteroatoms. The van der Waals surface area contributed by atoms with Crippen LogP contribution in [-0.4, -0.2) is 11.5 Å². The number of hydrogen-bond acceptors (Lipinski definition) is 2. The van der Waals surface area contributed by atoms with E-state index in [2.05, 4.69) is 25.7 Å². The lowest BCUT2D eigenvalue weighted by molar-refractivity contribution is 1.22. The molecule has 0 rings (SSSR count). The predicted octanol–water partition coefficient (Wildman–Crippen LogP) is 3.52. The highest BCUT2D eigenvalue weighted by Gasteiger charge is 1.81. The number of rotatable bonds is 6. The molecule has 58 valence electrons. The minimum Gasteiger partial charge on any atom is -0.102 e. The molecule has 0 nitrogen and oxygen atoms in total. The van der Waals surface area contributed by atoms with Crippen molar-refractivity contribution >= 4 is 21.6 Å². The van der Waals surface area contributed by atoms with Crippen LogP contribution in [0.1, 0.15) is 13.3 Å². The van der Waals surface area contributed by atoms with Crippen molar-refractivity contribution in [2.45, 2.75) is 13.3 Å². The Hall–Kier alpha value is 0.180. The summed E-state index contributed by atoms with van der Waals surface area (Å²) in [4.78, 5) is 0. The molecule has 0 radical (unpaired) electrons. The fraction of sp³-hybridized carbons (Fsp3) is 0.500. The summed E-state index contributed by atoms with van der Waals surface area (Å²) in [5, 5.41) is 0. The molecule has 0 fully saturated rings. The summed E-state index contributed by atoms with van der Waals surface area (Å²) < 4.78 is 0. The molecule has 0 unspecified atom stereocenters. The largest absolute Gasteiger partial charge is 0.102 e. The fourth-order valence-electron chi connectivity index (χ4n) is 0.418. The van der Waals surface area contributed by atoms with Crippen LogP contribution in [0.3, 0.4) is 0 Å². The van der Waals surface area contributed by atoms with Gasteiger partial charge in [0.1, 0.15) is 0 Å². The molecular formula is C8H14S2. The van der Waals surface area contributed by atoms with E-state index >= 15 is 0 Å². The lowest BCUT2D eigenvalue weighted by Crippen LogP contribution is -1.67. The topological polar surface area (TPSA) is 0 Å². The van der Waals surface area contributed by atoms with E-state index in [1.54, 1.807) is 0 Å². The molecule has 0 N–H and O–H groups in total. The third-order valence-electron chi connectivity index (χ3n) is 0.836. The summed E-state index contributed by atoms with van der Waals surface area (Å²) in [6.45, 7) is 5.79. The molecule has 0 aromatic rings. The predicted molar refractivity (Wildman–Crippen MR) is 54.5 cm³/mol. The van der Waals surface area contributed by atoms with E-state index in [-0.39, 0.29) is 0 Å². The molecule has 0 aromatic heterocycles. The van der Waals surface area contributed by atoms with Crippen LogP contribution in [0.5, 0.6) is 0 Å². The first kappa shape index (κ1) is 10.2. The average Bonchev–Trinajstić information content (AvgIpc) is 1.97. The quantitative estimate of drug-likeness (QED) is 0.343. The van der Waals surface area contributed by atoms with Crippen LogP contribution in [0.2, 0.25) is 0 Å². The fourth-order valence-corrected chi connectivity index (χ4v) is 2.02. The van der Waals surface area contributed by atoms with Gasteiger partial charge < -0.3 is 0 Å². The van der Waals surface area contributed by atoms with Crippen LogP contribution >= 0.6 is 21.6 Å². The molecule has 0 aromatic carbocycles. The van der Waals surface area contributed by atoms with Crippen LogP contribution in [0.25, 0.3) is 0 Å². The summed E-state index contributed by atoms with van der Waals surface area (Å²) in [5.41, 5.74) is 0. The molecule has 0 heterocycles. The first-order valence-corrected chi connectivity index (χ1v) is 5.91. The van der Waals surface area contributed by atoms with Gasteiger partial charge in [0.15, 0.2) is 0 Å². The van der Waals surface area contributed by atoms with Gasteiger partial charge in [-0.3, -0.25) is 0 Å². The van der Waals surface area contributed by atoms with Gasteiger partial charge in [-0.05, 0) is 6.42 Å². The molecule has 0 amide bonds.